The van der Waals surface area contributed by atoms with E-state index in [1.54, 1.807) is 6.07 Å². The number of carbonyl (C=O) groups is 1. The minimum atomic E-state index is -3.60. The Hall–Kier alpha value is -2.16. The lowest BCUT2D eigenvalue weighted by molar-refractivity contribution is -0.114. The molecule has 1 amide bonds. The van der Waals surface area contributed by atoms with Gasteiger partial charge in [-0.3, -0.25) is 4.79 Å². The van der Waals surface area contributed by atoms with Crippen molar-refractivity contribution in [3.63, 3.8) is 0 Å². The van der Waals surface area contributed by atoms with Crippen molar-refractivity contribution in [2.75, 3.05) is 31.3 Å². The fraction of sp³-hybridized carbons (Fsp3) is 0.188. The standard InChI is InChI=1S/C16H17ClFN3O3S/c1-21(2)25(23,24)13-5-3-4-12(9-13)20-16(22)10-19-15-7-6-11(17)8-14(15)18/h3-9,19H,10H2,1-2H3,(H,20,22). The molecule has 0 unspecified atom stereocenters. The van der Waals surface area contributed by atoms with Gasteiger partial charge in [0.1, 0.15) is 5.82 Å². The Balaban J connectivity index is 2.03. The van der Waals surface area contributed by atoms with Crippen molar-refractivity contribution in [1.29, 1.82) is 0 Å². The molecule has 0 spiro atoms. The largest absolute Gasteiger partial charge is 0.374 e. The predicted molar refractivity (Wildman–Crippen MR) is 95.8 cm³/mol. The fourth-order valence-corrected chi connectivity index (χ4v) is 3.07. The number of hydrogen-bond acceptors (Lipinski definition) is 4. The van der Waals surface area contributed by atoms with Gasteiger partial charge in [0, 0.05) is 24.8 Å². The van der Waals surface area contributed by atoms with Gasteiger partial charge < -0.3 is 10.6 Å². The van der Waals surface area contributed by atoms with Crippen LogP contribution in [0.5, 0.6) is 0 Å². The lowest BCUT2D eigenvalue weighted by atomic mass is 10.3. The number of nitrogens with one attached hydrogen (secondary N) is 2. The SMILES string of the molecule is CN(C)S(=O)(=O)c1cccc(NC(=O)CNc2ccc(Cl)cc2F)c1. The van der Waals surface area contributed by atoms with E-state index in [1.807, 2.05) is 0 Å². The Morgan fingerprint density at radius 1 is 1.20 bits per heavy atom. The lowest BCUT2D eigenvalue weighted by Gasteiger charge is -2.13. The molecule has 0 radical (unpaired) electrons. The summed E-state index contributed by atoms with van der Waals surface area (Å²) >= 11 is 5.66. The Kier molecular flexibility index (Phi) is 5.99. The van der Waals surface area contributed by atoms with Crippen molar-refractivity contribution in [2.45, 2.75) is 4.90 Å². The fourth-order valence-electron chi connectivity index (χ4n) is 1.96. The van der Waals surface area contributed by atoms with Gasteiger partial charge in [0.05, 0.1) is 17.1 Å². The first-order chi connectivity index (χ1) is 11.7. The third-order valence-electron chi connectivity index (χ3n) is 3.27. The van der Waals surface area contributed by atoms with Crippen molar-refractivity contribution >= 4 is 38.9 Å². The normalized spacial score (nSPS) is 11.4. The summed E-state index contributed by atoms with van der Waals surface area (Å²) in [6.07, 6.45) is 0. The average Bonchev–Trinajstić information content (AvgIpc) is 2.54. The van der Waals surface area contributed by atoms with E-state index in [4.69, 9.17) is 11.6 Å². The minimum Gasteiger partial charge on any atom is -0.374 e. The van der Waals surface area contributed by atoms with Crippen molar-refractivity contribution in [3.05, 3.63) is 53.3 Å². The van der Waals surface area contributed by atoms with Crippen molar-refractivity contribution in [3.8, 4) is 0 Å². The molecule has 2 aromatic rings. The van der Waals surface area contributed by atoms with Gasteiger partial charge in [-0.15, -0.1) is 0 Å². The zero-order valence-electron chi connectivity index (χ0n) is 13.6. The molecule has 0 heterocycles. The second-order valence-corrected chi connectivity index (χ2v) is 7.93. The van der Waals surface area contributed by atoms with E-state index in [0.717, 1.165) is 10.4 Å². The summed E-state index contributed by atoms with van der Waals surface area (Å²) in [6.45, 7) is -0.191. The third-order valence-corrected chi connectivity index (χ3v) is 5.31. The van der Waals surface area contributed by atoms with Crippen LogP contribution in [0.25, 0.3) is 0 Å². The molecule has 0 saturated carbocycles. The van der Waals surface area contributed by atoms with Crippen molar-refractivity contribution < 1.29 is 17.6 Å². The zero-order valence-corrected chi connectivity index (χ0v) is 15.2. The number of carbonyl (C=O) groups excluding carboxylic acids is 1. The molecule has 25 heavy (non-hydrogen) atoms. The predicted octanol–water partition coefficient (Wildman–Crippen LogP) is 2.78. The number of halogens is 2. The molecule has 6 nitrogen and oxygen atoms in total. The van der Waals surface area contributed by atoms with Gasteiger partial charge in [-0.05, 0) is 36.4 Å². The maximum absolute atomic E-state index is 13.6. The molecule has 0 aromatic heterocycles. The smallest absolute Gasteiger partial charge is 0.243 e. The topological polar surface area (TPSA) is 78.5 Å². The summed E-state index contributed by atoms with van der Waals surface area (Å²) in [4.78, 5) is 12.0. The average molecular weight is 386 g/mol. The summed E-state index contributed by atoms with van der Waals surface area (Å²) in [6, 6.07) is 9.95. The van der Waals surface area contributed by atoms with Gasteiger partial charge in [-0.2, -0.15) is 0 Å². The molecule has 9 heteroatoms. The van der Waals surface area contributed by atoms with Crippen LogP contribution >= 0.6 is 11.6 Å². The van der Waals surface area contributed by atoms with Crippen LogP contribution in [0.1, 0.15) is 0 Å². The lowest BCUT2D eigenvalue weighted by Crippen LogP contribution is -2.24. The zero-order chi connectivity index (χ0) is 18.6. The number of sulfonamides is 1. The summed E-state index contributed by atoms with van der Waals surface area (Å²) in [7, 11) is -0.752. The highest BCUT2D eigenvalue weighted by molar-refractivity contribution is 7.89. The molecule has 2 rings (SSSR count). The molecular formula is C16H17ClFN3O3S. The first kappa shape index (κ1) is 19.2. The van der Waals surface area contributed by atoms with E-state index < -0.39 is 21.7 Å². The molecule has 0 atom stereocenters. The molecule has 0 fully saturated rings. The van der Waals surface area contributed by atoms with Gasteiger partial charge in [0.15, 0.2) is 0 Å². The Morgan fingerprint density at radius 2 is 1.92 bits per heavy atom. The molecular weight excluding hydrogens is 369 g/mol. The van der Waals surface area contributed by atoms with Gasteiger partial charge in [-0.25, -0.2) is 17.1 Å². The highest BCUT2D eigenvalue weighted by Gasteiger charge is 2.17. The molecule has 0 aliphatic rings. The number of hydrogen-bond donors (Lipinski definition) is 2. The molecule has 0 aliphatic heterocycles. The van der Waals surface area contributed by atoms with Crippen LogP contribution in [-0.2, 0) is 14.8 Å². The molecule has 0 bridgehead atoms. The number of rotatable bonds is 6. The summed E-state index contributed by atoms with van der Waals surface area (Å²) in [5, 5.41) is 5.47. The van der Waals surface area contributed by atoms with E-state index in [-0.39, 0.29) is 22.2 Å². The van der Waals surface area contributed by atoms with Crippen LogP contribution in [0.2, 0.25) is 5.02 Å². The Bertz CT molecular complexity index is 888. The van der Waals surface area contributed by atoms with Crippen LogP contribution in [0.4, 0.5) is 15.8 Å². The van der Waals surface area contributed by atoms with E-state index in [2.05, 4.69) is 10.6 Å². The van der Waals surface area contributed by atoms with E-state index in [1.165, 1.54) is 44.4 Å². The van der Waals surface area contributed by atoms with Crippen LogP contribution in [0, 0.1) is 5.82 Å². The highest BCUT2D eigenvalue weighted by Crippen LogP contribution is 2.19. The first-order valence-corrected chi connectivity index (χ1v) is 9.03. The van der Waals surface area contributed by atoms with Gasteiger partial charge in [0.25, 0.3) is 0 Å². The second-order valence-electron chi connectivity index (χ2n) is 5.34. The number of amides is 1. The third kappa shape index (κ3) is 4.91. The maximum atomic E-state index is 13.6. The first-order valence-electron chi connectivity index (χ1n) is 7.21. The molecule has 0 saturated heterocycles. The highest BCUT2D eigenvalue weighted by atomic mass is 35.5. The van der Waals surface area contributed by atoms with Gasteiger partial charge in [-0.1, -0.05) is 17.7 Å². The van der Waals surface area contributed by atoms with E-state index in [0.29, 0.717) is 5.69 Å². The number of benzene rings is 2. The molecule has 2 aromatic carbocycles. The Morgan fingerprint density at radius 3 is 2.56 bits per heavy atom. The van der Waals surface area contributed by atoms with Crippen LogP contribution < -0.4 is 10.6 Å². The molecule has 2 N–H and O–H groups in total. The van der Waals surface area contributed by atoms with Gasteiger partial charge in [0.2, 0.25) is 15.9 Å². The number of nitrogens with zero attached hydrogens (tertiary/aromatic N) is 1. The van der Waals surface area contributed by atoms with Crippen LogP contribution in [0.3, 0.4) is 0 Å². The quantitative estimate of drug-likeness (QED) is 0.801. The molecule has 134 valence electrons. The maximum Gasteiger partial charge on any atom is 0.243 e. The molecule has 0 aliphatic carbocycles. The monoisotopic (exact) mass is 385 g/mol. The van der Waals surface area contributed by atoms with Crippen molar-refractivity contribution in [1.82, 2.24) is 4.31 Å². The van der Waals surface area contributed by atoms with Gasteiger partial charge >= 0.3 is 0 Å². The van der Waals surface area contributed by atoms with E-state index in [9.17, 15) is 17.6 Å². The summed E-state index contributed by atoms with van der Waals surface area (Å²) < 4.78 is 38.9. The minimum absolute atomic E-state index is 0.0620. The number of anilines is 2. The van der Waals surface area contributed by atoms with Crippen molar-refractivity contribution in [2.24, 2.45) is 0 Å². The second kappa shape index (κ2) is 7.81. The van der Waals surface area contributed by atoms with Crippen LogP contribution in [-0.4, -0.2) is 39.3 Å². The summed E-state index contributed by atoms with van der Waals surface area (Å²) in [5.74, 6) is -1.02. The van der Waals surface area contributed by atoms with Crippen LogP contribution in [0.15, 0.2) is 47.4 Å². The van der Waals surface area contributed by atoms with E-state index >= 15 is 0 Å². The Labute approximate surface area is 150 Å². The summed E-state index contributed by atoms with van der Waals surface area (Å²) in [5.41, 5.74) is 0.467.